The smallest absolute Gasteiger partial charge is 0.345 e. The summed E-state index contributed by atoms with van der Waals surface area (Å²) in [6, 6.07) is 16.5. The topological polar surface area (TPSA) is 25.2 Å². The van der Waals surface area contributed by atoms with Gasteiger partial charge >= 0.3 is 6.18 Å². The van der Waals surface area contributed by atoms with Crippen LogP contribution in [0.3, 0.4) is 0 Å². The van der Waals surface area contributed by atoms with Gasteiger partial charge in [0.25, 0.3) is 5.91 Å². The molecule has 0 bridgehead atoms. The molecule has 3 nitrogen and oxygen atoms in total. The standard InChI is InChI=1S/C24H25F3N2O/c1-17(2)29(23(30)20-6-4-7-21(14-20)24(25,26)27)16-22-8-5-13-28(22)15-19-11-9-18(3)10-12-19/h4-14,17H,15-16H2,1-3H3. The summed E-state index contributed by atoms with van der Waals surface area (Å²) >= 11 is 0. The number of benzene rings is 2. The largest absolute Gasteiger partial charge is 0.416 e. The van der Waals surface area contributed by atoms with E-state index < -0.39 is 17.6 Å². The molecule has 0 N–H and O–H groups in total. The zero-order valence-electron chi connectivity index (χ0n) is 17.3. The van der Waals surface area contributed by atoms with Crippen LogP contribution in [-0.2, 0) is 19.3 Å². The summed E-state index contributed by atoms with van der Waals surface area (Å²) in [7, 11) is 0. The number of amides is 1. The van der Waals surface area contributed by atoms with Crippen LogP contribution in [0.25, 0.3) is 0 Å². The van der Waals surface area contributed by atoms with E-state index in [9.17, 15) is 18.0 Å². The summed E-state index contributed by atoms with van der Waals surface area (Å²) in [6.07, 6.45) is -2.54. The van der Waals surface area contributed by atoms with Gasteiger partial charge in [-0.25, -0.2) is 0 Å². The van der Waals surface area contributed by atoms with Crippen molar-refractivity contribution in [2.24, 2.45) is 0 Å². The first-order valence-corrected chi connectivity index (χ1v) is 9.83. The summed E-state index contributed by atoms with van der Waals surface area (Å²) in [4.78, 5) is 14.6. The molecule has 0 saturated heterocycles. The third-order valence-corrected chi connectivity index (χ3v) is 5.05. The molecule has 6 heteroatoms. The number of aromatic nitrogens is 1. The number of aryl methyl sites for hydroxylation is 1. The van der Waals surface area contributed by atoms with Crippen LogP contribution in [0.2, 0.25) is 0 Å². The first-order chi connectivity index (χ1) is 14.1. The number of hydrogen-bond donors (Lipinski definition) is 0. The average Bonchev–Trinajstić information content (AvgIpc) is 3.13. The SMILES string of the molecule is Cc1ccc(Cn2cccc2CN(C(=O)c2cccc(C(F)(F)F)c2)C(C)C)cc1. The minimum atomic E-state index is -4.48. The molecule has 1 amide bonds. The number of carbonyl (C=O) groups is 1. The molecule has 1 heterocycles. The predicted octanol–water partition coefficient (Wildman–Crippen LogP) is 5.91. The molecular formula is C24H25F3N2O. The van der Waals surface area contributed by atoms with E-state index in [2.05, 4.69) is 28.8 Å². The van der Waals surface area contributed by atoms with E-state index >= 15 is 0 Å². The maximum atomic E-state index is 13.1. The molecule has 0 fully saturated rings. The second-order valence-corrected chi connectivity index (χ2v) is 7.72. The van der Waals surface area contributed by atoms with Crippen molar-refractivity contribution in [3.8, 4) is 0 Å². The molecule has 0 unspecified atom stereocenters. The van der Waals surface area contributed by atoms with Crippen LogP contribution in [0.15, 0.2) is 66.9 Å². The lowest BCUT2D eigenvalue weighted by molar-refractivity contribution is -0.137. The Kier molecular flexibility index (Phi) is 6.34. The second kappa shape index (κ2) is 8.78. The highest BCUT2D eigenvalue weighted by Crippen LogP contribution is 2.30. The zero-order valence-corrected chi connectivity index (χ0v) is 17.3. The lowest BCUT2D eigenvalue weighted by Gasteiger charge is -2.28. The van der Waals surface area contributed by atoms with Gasteiger partial charge in [-0.1, -0.05) is 35.9 Å². The quantitative estimate of drug-likeness (QED) is 0.492. The Hall–Kier alpha value is -3.02. The van der Waals surface area contributed by atoms with Gasteiger partial charge in [-0.3, -0.25) is 4.79 Å². The number of halogens is 3. The van der Waals surface area contributed by atoms with Gasteiger partial charge < -0.3 is 9.47 Å². The number of nitrogens with zero attached hydrogens (tertiary/aromatic N) is 2. The molecule has 30 heavy (non-hydrogen) atoms. The van der Waals surface area contributed by atoms with Gasteiger partial charge in [0, 0.05) is 30.0 Å². The third kappa shape index (κ3) is 5.12. The summed E-state index contributed by atoms with van der Waals surface area (Å²) in [5.41, 5.74) is 2.46. The zero-order chi connectivity index (χ0) is 21.9. The fourth-order valence-electron chi connectivity index (χ4n) is 3.30. The molecule has 0 aliphatic heterocycles. The maximum absolute atomic E-state index is 13.1. The van der Waals surface area contributed by atoms with E-state index in [1.807, 2.05) is 39.1 Å². The number of hydrogen-bond acceptors (Lipinski definition) is 1. The van der Waals surface area contributed by atoms with E-state index in [1.165, 1.54) is 17.7 Å². The van der Waals surface area contributed by atoms with Crippen molar-refractivity contribution in [2.75, 3.05) is 0 Å². The van der Waals surface area contributed by atoms with E-state index in [1.54, 1.807) is 4.90 Å². The predicted molar refractivity (Wildman–Crippen MR) is 111 cm³/mol. The Bertz CT molecular complexity index is 1000. The van der Waals surface area contributed by atoms with Crippen LogP contribution in [0.5, 0.6) is 0 Å². The fraction of sp³-hybridized carbons (Fsp3) is 0.292. The highest BCUT2D eigenvalue weighted by Gasteiger charge is 2.31. The lowest BCUT2D eigenvalue weighted by atomic mass is 10.1. The van der Waals surface area contributed by atoms with E-state index in [4.69, 9.17) is 0 Å². The highest BCUT2D eigenvalue weighted by atomic mass is 19.4. The van der Waals surface area contributed by atoms with Gasteiger partial charge in [-0.2, -0.15) is 13.2 Å². The van der Waals surface area contributed by atoms with E-state index in [0.717, 1.165) is 23.4 Å². The first kappa shape index (κ1) is 21.7. The van der Waals surface area contributed by atoms with Gasteiger partial charge in [0.2, 0.25) is 0 Å². The molecule has 1 aromatic heterocycles. The second-order valence-electron chi connectivity index (χ2n) is 7.72. The van der Waals surface area contributed by atoms with Crippen LogP contribution in [0, 0.1) is 6.92 Å². The molecule has 3 rings (SSSR count). The summed E-state index contributed by atoms with van der Waals surface area (Å²) in [5, 5.41) is 0. The lowest BCUT2D eigenvalue weighted by Crippen LogP contribution is -2.37. The minimum absolute atomic E-state index is 0.0372. The van der Waals surface area contributed by atoms with Crippen LogP contribution in [-0.4, -0.2) is 21.4 Å². The van der Waals surface area contributed by atoms with E-state index in [0.29, 0.717) is 13.1 Å². The van der Waals surface area contributed by atoms with Crippen LogP contribution >= 0.6 is 0 Å². The maximum Gasteiger partial charge on any atom is 0.416 e. The Morgan fingerprint density at radius 1 is 1.03 bits per heavy atom. The van der Waals surface area contributed by atoms with Gasteiger partial charge in [-0.15, -0.1) is 0 Å². The molecule has 0 spiro atoms. The van der Waals surface area contributed by atoms with Crippen molar-refractivity contribution in [1.29, 1.82) is 0 Å². The molecule has 0 saturated carbocycles. The van der Waals surface area contributed by atoms with Crippen molar-refractivity contribution in [3.05, 3.63) is 94.8 Å². The summed E-state index contributed by atoms with van der Waals surface area (Å²) in [5.74, 6) is -0.417. The average molecular weight is 414 g/mol. The van der Waals surface area contributed by atoms with Crippen molar-refractivity contribution >= 4 is 5.91 Å². The first-order valence-electron chi connectivity index (χ1n) is 9.83. The Balaban J connectivity index is 1.83. The van der Waals surface area contributed by atoms with Gasteiger partial charge in [0.15, 0.2) is 0 Å². The molecule has 0 aliphatic rings. The van der Waals surface area contributed by atoms with Gasteiger partial charge in [0.1, 0.15) is 0 Å². The summed E-state index contributed by atoms with van der Waals surface area (Å²) in [6.45, 7) is 6.72. The van der Waals surface area contributed by atoms with Crippen molar-refractivity contribution < 1.29 is 18.0 Å². The Morgan fingerprint density at radius 2 is 1.73 bits per heavy atom. The minimum Gasteiger partial charge on any atom is -0.345 e. The van der Waals surface area contributed by atoms with Gasteiger partial charge in [0.05, 0.1) is 12.1 Å². The fourth-order valence-corrected chi connectivity index (χ4v) is 3.30. The Labute approximate surface area is 174 Å². The molecule has 0 aliphatic carbocycles. The molecule has 3 aromatic rings. The molecule has 2 aromatic carbocycles. The van der Waals surface area contributed by atoms with Gasteiger partial charge in [-0.05, 0) is 56.7 Å². The molecule has 0 atom stereocenters. The molecule has 0 radical (unpaired) electrons. The number of rotatable bonds is 6. The van der Waals surface area contributed by atoms with Crippen molar-refractivity contribution in [3.63, 3.8) is 0 Å². The molecule has 158 valence electrons. The van der Waals surface area contributed by atoms with Crippen LogP contribution < -0.4 is 0 Å². The van der Waals surface area contributed by atoms with Crippen molar-refractivity contribution in [1.82, 2.24) is 9.47 Å². The summed E-state index contributed by atoms with van der Waals surface area (Å²) < 4.78 is 41.2. The van der Waals surface area contributed by atoms with Crippen LogP contribution in [0.4, 0.5) is 13.2 Å². The third-order valence-electron chi connectivity index (χ3n) is 5.05. The van der Waals surface area contributed by atoms with E-state index in [-0.39, 0.29) is 11.6 Å². The number of carbonyl (C=O) groups excluding carboxylic acids is 1. The van der Waals surface area contributed by atoms with Crippen LogP contribution in [0.1, 0.15) is 46.6 Å². The number of alkyl halides is 3. The molecular weight excluding hydrogens is 389 g/mol. The monoisotopic (exact) mass is 414 g/mol. The highest BCUT2D eigenvalue weighted by molar-refractivity contribution is 5.94. The van der Waals surface area contributed by atoms with Crippen molar-refractivity contribution in [2.45, 2.75) is 46.1 Å². The normalized spacial score (nSPS) is 11.7. The Morgan fingerprint density at radius 3 is 2.37 bits per heavy atom.